The number of nitrogens with zero attached hydrogens (tertiary/aromatic N) is 4. The van der Waals surface area contributed by atoms with Gasteiger partial charge in [-0.3, -0.25) is 9.48 Å². The van der Waals surface area contributed by atoms with E-state index in [4.69, 9.17) is 5.41 Å². The summed E-state index contributed by atoms with van der Waals surface area (Å²) < 4.78 is 27.4. The van der Waals surface area contributed by atoms with E-state index in [-0.39, 0.29) is 17.1 Å². The zero-order valence-corrected chi connectivity index (χ0v) is 16.0. The third kappa shape index (κ3) is 4.20. The number of carbonyl (C=O) groups excluding carboxylic acids is 1. The fraction of sp³-hybridized carbons (Fsp3) is 0.474. The Kier molecular flexibility index (Phi) is 5.16. The van der Waals surface area contributed by atoms with Crippen LogP contribution >= 0.6 is 0 Å². The van der Waals surface area contributed by atoms with E-state index in [9.17, 15) is 13.6 Å². The number of alkyl halides is 2. The SMILES string of the molecule is Cn1cc(NC(=O)/C(C=N)=C2\N=C(N3CC(CC4CC4)C3)C=CN2)c(C(F)F)n1. The van der Waals surface area contributed by atoms with E-state index in [0.717, 1.165) is 31.1 Å². The van der Waals surface area contributed by atoms with Crippen molar-refractivity contribution in [3.05, 3.63) is 35.6 Å². The third-order valence-electron chi connectivity index (χ3n) is 5.28. The predicted molar refractivity (Wildman–Crippen MR) is 105 cm³/mol. The normalized spacial score (nSPS) is 20.8. The number of likely N-dealkylation sites (tertiary alicyclic amines) is 1. The van der Waals surface area contributed by atoms with Gasteiger partial charge in [-0.2, -0.15) is 5.10 Å². The Bertz CT molecular complexity index is 908. The first-order valence-corrected chi connectivity index (χ1v) is 9.59. The van der Waals surface area contributed by atoms with Crippen molar-refractivity contribution in [3.8, 4) is 0 Å². The smallest absolute Gasteiger partial charge is 0.284 e. The first kappa shape index (κ1) is 19.3. The van der Waals surface area contributed by atoms with Crippen LogP contribution in [0.4, 0.5) is 14.5 Å². The van der Waals surface area contributed by atoms with Crippen LogP contribution < -0.4 is 10.6 Å². The summed E-state index contributed by atoms with van der Waals surface area (Å²) in [5.41, 5.74) is -0.655. The highest BCUT2D eigenvalue weighted by atomic mass is 19.3. The molecule has 1 aromatic heterocycles. The number of anilines is 1. The highest BCUT2D eigenvalue weighted by Crippen LogP contribution is 2.38. The minimum Gasteiger partial charge on any atom is -0.356 e. The first-order valence-electron chi connectivity index (χ1n) is 9.59. The fourth-order valence-corrected chi connectivity index (χ4v) is 3.62. The highest BCUT2D eigenvalue weighted by molar-refractivity contribution is 6.18. The lowest BCUT2D eigenvalue weighted by Crippen LogP contribution is -2.50. The number of hydrogen-bond donors (Lipinski definition) is 3. The van der Waals surface area contributed by atoms with Crippen LogP contribution in [-0.4, -0.2) is 45.7 Å². The minimum atomic E-state index is -2.82. The van der Waals surface area contributed by atoms with Crippen molar-refractivity contribution in [1.29, 1.82) is 5.41 Å². The Morgan fingerprint density at radius 1 is 1.41 bits per heavy atom. The molecule has 0 radical (unpaired) electrons. The van der Waals surface area contributed by atoms with Gasteiger partial charge < -0.3 is 20.9 Å². The van der Waals surface area contributed by atoms with E-state index in [1.807, 2.05) is 6.08 Å². The molecule has 0 bridgehead atoms. The van der Waals surface area contributed by atoms with Gasteiger partial charge in [-0.25, -0.2) is 13.8 Å². The van der Waals surface area contributed by atoms with E-state index in [0.29, 0.717) is 5.92 Å². The predicted octanol–water partition coefficient (Wildman–Crippen LogP) is 2.40. The molecule has 3 N–H and O–H groups in total. The van der Waals surface area contributed by atoms with E-state index >= 15 is 0 Å². The number of aryl methyl sites for hydroxylation is 1. The molecule has 4 rings (SSSR count). The summed E-state index contributed by atoms with van der Waals surface area (Å²) in [5, 5.41) is 16.6. The molecule has 10 heteroatoms. The van der Waals surface area contributed by atoms with Crippen LogP contribution in [-0.2, 0) is 11.8 Å². The summed E-state index contributed by atoms with van der Waals surface area (Å²) in [6, 6.07) is 0. The van der Waals surface area contributed by atoms with E-state index < -0.39 is 18.0 Å². The Morgan fingerprint density at radius 2 is 2.17 bits per heavy atom. The third-order valence-corrected chi connectivity index (χ3v) is 5.28. The molecule has 8 nitrogen and oxygen atoms in total. The number of nitrogens with one attached hydrogen (secondary N) is 3. The van der Waals surface area contributed by atoms with E-state index in [1.165, 1.54) is 37.2 Å². The molecular weight excluding hydrogens is 380 g/mol. The second-order valence-corrected chi connectivity index (χ2v) is 7.66. The van der Waals surface area contributed by atoms with E-state index in [1.54, 1.807) is 6.20 Å². The number of hydrogen-bond acceptors (Lipinski definition) is 6. The molecule has 0 aromatic carbocycles. The lowest BCUT2D eigenvalue weighted by atomic mass is 9.93. The lowest BCUT2D eigenvalue weighted by Gasteiger charge is -2.41. The molecule has 0 atom stereocenters. The molecule has 0 unspecified atom stereocenters. The molecule has 3 aliphatic rings. The summed E-state index contributed by atoms with van der Waals surface area (Å²) in [5.74, 6) is 1.81. The largest absolute Gasteiger partial charge is 0.356 e. The molecule has 1 amide bonds. The van der Waals surface area contributed by atoms with E-state index in [2.05, 4.69) is 25.6 Å². The highest BCUT2D eigenvalue weighted by Gasteiger charge is 2.34. The van der Waals surface area contributed by atoms with Crippen LogP contribution in [0.25, 0.3) is 0 Å². The molecule has 29 heavy (non-hydrogen) atoms. The topological polar surface area (TPSA) is 98.4 Å². The number of amides is 1. The molecule has 3 heterocycles. The van der Waals surface area contributed by atoms with Crippen LogP contribution in [0.3, 0.4) is 0 Å². The molecule has 1 aliphatic carbocycles. The summed E-state index contributed by atoms with van der Waals surface area (Å²) in [7, 11) is 1.49. The van der Waals surface area contributed by atoms with Crippen molar-refractivity contribution in [1.82, 2.24) is 20.0 Å². The van der Waals surface area contributed by atoms with Crippen molar-refractivity contribution in [2.75, 3.05) is 18.4 Å². The van der Waals surface area contributed by atoms with Crippen LogP contribution in [0.1, 0.15) is 31.4 Å². The molecule has 1 aromatic rings. The van der Waals surface area contributed by atoms with Crippen molar-refractivity contribution >= 4 is 23.6 Å². The van der Waals surface area contributed by atoms with Gasteiger partial charge >= 0.3 is 0 Å². The number of aliphatic imine (C=N–C) groups is 1. The number of carbonyl (C=O) groups is 1. The van der Waals surface area contributed by atoms with Crippen LogP contribution in [0, 0.1) is 17.2 Å². The molecule has 154 valence electrons. The maximum absolute atomic E-state index is 13.1. The average Bonchev–Trinajstić information content (AvgIpc) is 3.39. The van der Waals surface area contributed by atoms with Crippen molar-refractivity contribution in [2.45, 2.75) is 25.7 Å². The molecule has 2 aliphatic heterocycles. The van der Waals surface area contributed by atoms with Crippen LogP contribution in [0.15, 0.2) is 34.9 Å². The molecule has 1 saturated heterocycles. The Balaban J connectivity index is 1.48. The van der Waals surface area contributed by atoms with Crippen LogP contribution in [0.2, 0.25) is 0 Å². The van der Waals surface area contributed by atoms with Gasteiger partial charge in [-0.1, -0.05) is 12.8 Å². The molecule has 1 saturated carbocycles. The lowest BCUT2D eigenvalue weighted by molar-refractivity contribution is -0.112. The Morgan fingerprint density at radius 3 is 2.83 bits per heavy atom. The van der Waals surface area contributed by atoms with Gasteiger partial charge in [-0.15, -0.1) is 0 Å². The molecular formula is C19H23F2N7O. The monoisotopic (exact) mass is 403 g/mol. The maximum Gasteiger partial charge on any atom is 0.284 e. The van der Waals surface area contributed by atoms with Crippen LogP contribution in [0.5, 0.6) is 0 Å². The summed E-state index contributed by atoms with van der Waals surface area (Å²) in [4.78, 5) is 19.2. The van der Waals surface area contributed by atoms with Crippen molar-refractivity contribution in [3.63, 3.8) is 0 Å². The first-order chi connectivity index (χ1) is 13.9. The minimum absolute atomic E-state index is 0.0500. The van der Waals surface area contributed by atoms with Gasteiger partial charge in [0.05, 0.1) is 11.3 Å². The maximum atomic E-state index is 13.1. The number of halogens is 2. The quantitative estimate of drug-likeness (QED) is 0.502. The summed E-state index contributed by atoms with van der Waals surface area (Å²) >= 11 is 0. The number of amidine groups is 1. The van der Waals surface area contributed by atoms with Crippen molar-refractivity contribution in [2.24, 2.45) is 23.9 Å². The van der Waals surface area contributed by atoms with Gasteiger partial charge in [0.25, 0.3) is 12.3 Å². The fourth-order valence-electron chi connectivity index (χ4n) is 3.62. The van der Waals surface area contributed by atoms with Gasteiger partial charge in [-0.05, 0) is 24.3 Å². The summed E-state index contributed by atoms with van der Waals surface area (Å²) in [6.07, 6.45) is 6.78. The number of aromatic nitrogens is 2. The molecule has 2 fully saturated rings. The van der Waals surface area contributed by atoms with Gasteiger partial charge in [0.2, 0.25) is 0 Å². The van der Waals surface area contributed by atoms with Gasteiger partial charge in [0, 0.05) is 38.7 Å². The zero-order chi connectivity index (χ0) is 20.5. The Hall–Kier alpha value is -3.04. The second-order valence-electron chi connectivity index (χ2n) is 7.66. The zero-order valence-electron chi connectivity index (χ0n) is 16.0. The van der Waals surface area contributed by atoms with Crippen molar-refractivity contribution < 1.29 is 13.6 Å². The van der Waals surface area contributed by atoms with Gasteiger partial charge in [0.1, 0.15) is 11.7 Å². The van der Waals surface area contributed by atoms with Gasteiger partial charge in [0.15, 0.2) is 5.69 Å². The summed E-state index contributed by atoms with van der Waals surface area (Å²) in [6.45, 7) is 1.87. The standard InChI is InChI=1S/C19H23F2N7O/c1-27-10-14(16(26-27)17(20)21)24-19(29)13(7-22)18-23-5-4-15(25-18)28-8-12(9-28)6-11-2-3-11/h4-5,7,10-12,17,22-23H,2-3,6,8-9H2,1H3,(H,24,29)/b18-13-,22-7?. The molecule has 0 spiro atoms. The number of rotatable bonds is 6. The average molecular weight is 403 g/mol. The second kappa shape index (κ2) is 7.76. The Labute approximate surface area is 166 Å².